The summed E-state index contributed by atoms with van der Waals surface area (Å²) in [5, 5.41) is 3.02. The van der Waals surface area contributed by atoms with Crippen LogP contribution in [0, 0.1) is 0 Å². The maximum Gasteiger partial charge on any atom is 0.287 e. The van der Waals surface area contributed by atoms with Gasteiger partial charge in [-0.05, 0) is 36.2 Å². The Morgan fingerprint density at radius 3 is 2.60 bits per heavy atom. The number of nitrogens with one attached hydrogen (secondary N) is 2. The van der Waals surface area contributed by atoms with E-state index in [0.717, 1.165) is 22.4 Å². The molecule has 2 aromatic heterocycles. The molecule has 4 rings (SSSR count). The van der Waals surface area contributed by atoms with Crippen molar-refractivity contribution in [2.45, 2.75) is 12.5 Å². The molecule has 0 aliphatic rings. The molecule has 0 spiro atoms. The molecule has 2 heterocycles. The fourth-order valence-corrected chi connectivity index (χ4v) is 2.84. The van der Waals surface area contributed by atoms with Gasteiger partial charge in [0.25, 0.3) is 5.91 Å². The Kier molecular flexibility index (Phi) is 4.04. The number of imidazole rings is 1. The average molecular weight is 331 g/mol. The SMILES string of the molecule is O=C(N[C@H](Cc1ccccc1)c1nc2ccccc2[nH]1)c1ccco1. The molecule has 0 unspecified atom stereocenters. The van der Waals surface area contributed by atoms with Gasteiger partial charge < -0.3 is 14.7 Å². The predicted octanol–water partition coefficient (Wildman–Crippen LogP) is 3.87. The molecule has 1 atom stereocenters. The minimum absolute atomic E-state index is 0.258. The highest BCUT2D eigenvalue weighted by atomic mass is 16.3. The van der Waals surface area contributed by atoms with Crippen LogP contribution in [0.15, 0.2) is 77.4 Å². The second kappa shape index (κ2) is 6.65. The second-order valence-corrected chi connectivity index (χ2v) is 5.83. The molecular weight excluding hydrogens is 314 g/mol. The fraction of sp³-hybridized carbons (Fsp3) is 0.100. The number of aromatic amines is 1. The zero-order valence-electron chi connectivity index (χ0n) is 13.5. The van der Waals surface area contributed by atoms with E-state index in [1.807, 2.05) is 54.6 Å². The van der Waals surface area contributed by atoms with E-state index in [1.165, 1.54) is 6.26 Å². The van der Waals surface area contributed by atoms with Crippen molar-refractivity contribution in [2.24, 2.45) is 0 Å². The number of para-hydroxylation sites is 2. The largest absolute Gasteiger partial charge is 0.459 e. The maximum absolute atomic E-state index is 12.4. The second-order valence-electron chi connectivity index (χ2n) is 5.83. The van der Waals surface area contributed by atoms with E-state index in [4.69, 9.17) is 4.42 Å². The number of benzene rings is 2. The van der Waals surface area contributed by atoms with Crippen molar-refractivity contribution >= 4 is 16.9 Å². The molecule has 0 bridgehead atoms. The first-order valence-electron chi connectivity index (χ1n) is 8.12. The lowest BCUT2D eigenvalue weighted by Gasteiger charge is -2.16. The first-order valence-corrected chi connectivity index (χ1v) is 8.12. The summed E-state index contributed by atoms with van der Waals surface area (Å²) in [6, 6.07) is 20.9. The number of hydrogen-bond donors (Lipinski definition) is 2. The fourth-order valence-electron chi connectivity index (χ4n) is 2.84. The van der Waals surface area contributed by atoms with E-state index < -0.39 is 0 Å². The van der Waals surface area contributed by atoms with Crippen LogP contribution in [0.25, 0.3) is 11.0 Å². The lowest BCUT2D eigenvalue weighted by molar-refractivity contribution is 0.0907. The summed E-state index contributed by atoms with van der Waals surface area (Å²) in [6.45, 7) is 0. The summed E-state index contributed by atoms with van der Waals surface area (Å²) in [7, 11) is 0. The van der Waals surface area contributed by atoms with E-state index in [9.17, 15) is 4.79 Å². The quantitative estimate of drug-likeness (QED) is 0.583. The van der Waals surface area contributed by atoms with E-state index >= 15 is 0 Å². The number of carbonyl (C=O) groups is 1. The summed E-state index contributed by atoms with van der Waals surface area (Å²) in [5.74, 6) is 0.755. The lowest BCUT2D eigenvalue weighted by atomic mass is 10.1. The van der Waals surface area contributed by atoms with Crippen molar-refractivity contribution in [1.82, 2.24) is 15.3 Å². The highest BCUT2D eigenvalue weighted by Gasteiger charge is 2.21. The summed E-state index contributed by atoms with van der Waals surface area (Å²) >= 11 is 0. The molecule has 0 fully saturated rings. The highest BCUT2D eigenvalue weighted by Crippen LogP contribution is 2.20. The Bertz CT molecular complexity index is 942. The summed E-state index contributed by atoms with van der Waals surface area (Å²) in [5.41, 5.74) is 2.94. The van der Waals surface area contributed by atoms with Crippen molar-refractivity contribution in [1.29, 1.82) is 0 Å². The predicted molar refractivity (Wildman–Crippen MR) is 95.2 cm³/mol. The van der Waals surface area contributed by atoms with Crippen LogP contribution in [0.3, 0.4) is 0 Å². The molecule has 5 nitrogen and oxygen atoms in total. The van der Waals surface area contributed by atoms with Crippen molar-refractivity contribution in [3.63, 3.8) is 0 Å². The molecule has 2 aromatic carbocycles. The van der Waals surface area contributed by atoms with Gasteiger partial charge in [-0.2, -0.15) is 0 Å². The zero-order chi connectivity index (χ0) is 17.1. The van der Waals surface area contributed by atoms with Crippen LogP contribution >= 0.6 is 0 Å². The molecule has 0 aliphatic heterocycles. The van der Waals surface area contributed by atoms with Gasteiger partial charge in [0.15, 0.2) is 5.76 Å². The Hall–Kier alpha value is -3.34. The van der Waals surface area contributed by atoms with Gasteiger partial charge in [-0.15, -0.1) is 0 Å². The number of H-pyrrole nitrogens is 1. The number of hydrogen-bond acceptors (Lipinski definition) is 3. The molecule has 4 aromatic rings. The van der Waals surface area contributed by atoms with Gasteiger partial charge in [0.05, 0.1) is 23.3 Å². The van der Waals surface area contributed by atoms with Gasteiger partial charge in [-0.25, -0.2) is 4.98 Å². The maximum atomic E-state index is 12.4. The van der Waals surface area contributed by atoms with Crippen LogP contribution in [0.1, 0.15) is 28.0 Å². The van der Waals surface area contributed by atoms with Crippen LogP contribution in [0.4, 0.5) is 0 Å². The van der Waals surface area contributed by atoms with Crippen LogP contribution in [0.2, 0.25) is 0 Å². The van der Waals surface area contributed by atoms with E-state index in [2.05, 4.69) is 15.3 Å². The minimum atomic E-state index is -0.285. The van der Waals surface area contributed by atoms with Gasteiger partial charge >= 0.3 is 0 Å². The van der Waals surface area contributed by atoms with Crippen LogP contribution < -0.4 is 5.32 Å². The van der Waals surface area contributed by atoms with Gasteiger partial charge in [-0.3, -0.25) is 4.79 Å². The molecule has 124 valence electrons. The number of aromatic nitrogens is 2. The number of nitrogens with zero attached hydrogens (tertiary/aromatic N) is 1. The summed E-state index contributed by atoms with van der Waals surface area (Å²) in [6.07, 6.45) is 2.12. The Balaban J connectivity index is 1.66. The summed E-state index contributed by atoms with van der Waals surface area (Å²) in [4.78, 5) is 20.4. The number of rotatable bonds is 5. The average Bonchev–Trinajstić information content (AvgIpc) is 3.31. The van der Waals surface area contributed by atoms with E-state index in [1.54, 1.807) is 12.1 Å². The van der Waals surface area contributed by atoms with Gasteiger partial charge in [0.1, 0.15) is 5.82 Å². The zero-order valence-corrected chi connectivity index (χ0v) is 13.5. The summed E-state index contributed by atoms with van der Waals surface area (Å²) < 4.78 is 5.20. The van der Waals surface area contributed by atoms with Gasteiger partial charge in [-0.1, -0.05) is 42.5 Å². The standard InChI is InChI=1S/C20H17N3O2/c24-20(18-11-6-12-25-18)23-17(13-14-7-2-1-3-8-14)19-21-15-9-4-5-10-16(15)22-19/h1-12,17H,13H2,(H,21,22)(H,23,24)/t17-/m1/s1. The molecule has 1 amide bonds. The number of furan rings is 1. The molecule has 0 saturated carbocycles. The topological polar surface area (TPSA) is 70.9 Å². The molecule has 0 saturated heterocycles. The number of fused-ring (bicyclic) bond motifs is 1. The first-order chi connectivity index (χ1) is 12.3. The first kappa shape index (κ1) is 15.2. The van der Waals surface area contributed by atoms with Crippen LogP contribution in [-0.2, 0) is 6.42 Å². The molecular formula is C20H17N3O2. The van der Waals surface area contributed by atoms with E-state index in [0.29, 0.717) is 6.42 Å². The molecule has 2 N–H and O–H groups in total. The van der Waals surface area contributed by atoms with Crippen molar-refractivity contribution < 1.29 is 9.21 Å². The molecule has 25 heavy (non-hydrogen) atoms. The minimum Gasteiger partial charge on any atom is -0.459 e. The smallest absolute Gasteiger partial charge is 0.287 e. The number of amides is 1. The monoisotopic (exact) mass is 331 g/mol. The third-order valence-electron chi connectivity index (χ3n) is 4.07. The Morgan fingerprint density at radius 2 is 1.84 bits per heavy atom. The molecule has 0 aliphatic carbocycles. The van der Waals surface area contributed by atoms with Crippen molar-refractivity contribution in [3.8, 4) is 0 Å². The van der Waals surface area contributed by atoms with Crippen molar-refractivity contribution in [3.05, 3.63) is 90.1 Å². The number of carbonyl (C=O) groups excluding carboxylic acids is 1. The Labute approximate surface area is 144 Å². The normalized spacial score (nSPS) is 12.2. The van der Waals surface area contributed by atoms with Gasteiger partial charge in [0.2, 0.25) is 0 Å². The molecule has 0 radical (unpaired) electrons. The van der Waals surface area contributed by atoms with E-state index in [-0.39, 0.29) is 17.7 Å². The lowest BCUT2D eigenvalue weighted by Crippen LogP contribution is -2.30. The third kappa shape index (κ3) is 3.30. The van der Waals surface area contributed by atoms with Gasteiger partial charge in [0, 0.05) is 0 Å². The van der Waals surface area contributed by atoms with Crippen LogP contribution in [-0.4, -0.2) is 15.9 Å². The Morgan fingerprint density at radius 1 is 1.04 bits per heavy atom. The third-order valence-corrected chi connectivity index (χ3v) is 4.07. The highest BCUT2D eigenvalue weighted by molar-refractivity contribution is 5.91. The molecule has 5 heteroatoms. The van der Waals surface area contributed by atoms with Crippen molar-refractivity contribution in [2.75, 3.05) is 0 Å². The van der Waals surface area contributed by atoms with Crippen LogP contribution in [0.5, 0.6) is 0 Å².